The highest BCUT2D eigenvalue weighted by Gasteiger charge is 2.30. The maximum atomic E-state index is 13.2. The van der Waals surface area contributed by atoms with E-state index in [1.165, 1.54) is 12.7 Å². The van der Waals surface area contributed by atoms with E-state index in [1.807, 2.05) is 32.0 Å². The fourth-order valence-electron chi connectivity index (χ4n) is 4.11. The van der Waals surface area contributed by atoms with E-state index in [2.05, 4.69) is 37.6 Å². The molecule has 5 nitrogen and oxygen atoms in total. The maximum Gasteiger partial charge on any atom is 0.309 e. The summed E-state index contributed by atoms with van der Waals surface area (Å²) in [5.74, 6) is -0.415. The third kappa shape index (κ3) is 5.18. The molecule has 6 heteroatoms. The fraction of sp³-hybridized carbons (Fsp3) is 0.480. The monoisotopic (exact) mass is 443 g/mol. The van der Waals surface area contributed by atoms with Crippen LogP contribution in [0.25, 0.3) is 0 Å². The van der Waals surface area contributed by atoms with Gasteiger partial charge in [-0.3, -0.25) is 4.79 Å². The Labute approximate surface area is 186 Å². The van der Waals surface area contributed by atoms with Crippen LogP contribution in [0, 0.1) is 11.8 Å². The second kappa shape index (κ2) is 8.75. The standard InChI is InChI=1S/C25H33NO4S/c1-16(2)23(17-7-10-21(11-8-17)25(3,4)5)26-31(28,29)22-12-9-18-13-20(24(27)30-6)14-19(18)15-22/h7-12,15-16,20,23,26H,13-14H2,1-6H3. The van der Waals surface area contributed by atoms with E-state index in [-0.39, 0.29) is 34.2 Å². The average molecular weight is 444 g/mol. The lowest BCUT2D eigenvalue weighted by molar-refractivity contribution is -0.145. The smallest absolute Gasteiger partial charge is 0.309 e. The van der Waals surface area contributed by atoms with E-state index in [0.29, 0.717) is 12.8 Å². The van der Waals surface area contributed by atoms with Gasteiger partial charge in [-0.2, -0.15) is 0 Å². The molecule has 0 fully saturated rings. The lowest BCUT2D eigenvalue weighted by Gasteiger charge is -2.25. The first kappa shape index (κ1) is 23.5. The van der Waals surface area contributed by atoms with E-state index < -0.39 is 10.0 Å². The molecule has 0 amide bonds. The zero-order chi connectivity index (χ0) is 23.0. The topological polar surface area (TPSA) is 72.5 Å². The van der Waals surface area contributed by atoms with Gasteiger partial charge in [0.05, 0.1) is 17.9 Å². The zero-order valence-corrected chi connectivity index (χ0v) is 20.0. The minimum absolute atomic E-state index is 0.0395. The number of methoxy groups -OCH3 is 1. The molecule has 0 aliphatic heterocycles. The molecule has 0 saturated heterocycles. The first-order valence-corrected chi connectivity index (χ1v) is 12.2. The highest BCUT2D eigenvalue weighted by molar-refractivity contribution is 7.89. The molecule has 0 saturated carbocycles. The largest absolute Gasteiger partial charge is 0.469 e. The van der Waals surface area contributed by atoms with Gasteiger partial charge in [0.1, 0.15) is 0 Å². The van der Waals surface area contributed by atoms with Gasteiger partial charge in [-0.05, 0) is 58.6 Å². The molecule has 2 aromatic rings. The SMILES string of the molecule is COC(=O)C1Cc2ccc(S(=O)(=O)NC(c3ccc(C(C)(C)C)cc3)C(C)C)cc2C1. The number of benzene rings is 2. The van der Waals surface area contributed by atoms with Crippen molar-refractivity contribution in [2.45, 2.75) is 63.8 Å². The lowest BCUT2D eigenvalue weighted by Crippen LogP contribution is -2.32. The van der Waals surface area contributed by atoms with Crippen LogP contribution >= 0.6 is 0 Å². The quantitative estimate of drug-likeness (QED) is 0.665. The molecule has 0 aromatic heterocycles. The molecular formula is C25H33NO4S. The third-order valence-electron chi connectivity index (χ3n) is 6.04. The van der Waals surface area contributed by atoms with Crippen LogP contribution in [0.1, 0.15) is 62.9 Å². The first-order valence-electron chi connectivity index (χ1n) is 10.7. The predicted molar refractivity (Wildman–Crippen MR) is 122 cm³/mol. The van der Waals surface area contributed by atoms with Gasteiger partial charge < -0.3 is 4.74 Å². The van der Waals surface area contributed by atoms with Crippen molar-refractivity contribution < 1.29 is 17.9 Å². The number of hydrogen-bond donors (Lipinski definition) is 1. The van der Waals surface area contributed by atoms with Gasteiger partial charge in [-0.15, -0.1) is 0 Å². The van der Waals surface area contributed by atoms with E-state index in [0.717, 1.165) is 16.7 Å². The summed E-state index contributed by atoms with van der Waals surface area (Å²) in [5, 5.41) is 0. The number of carbonyl (C=O) groups excluding carboxylic acids is 1. The third-order valence-corrected chi connectivity index (χ3v) is 7.48. The summed E-state index contributed by atoms with van der Waals surface area (Å²) in [6, 6.07) is 13.0. The Bertz CT molecular complexity index is 1050. The minimum Gasteiger partial charge on any atom is -0.469 e. The molecule has 3 rings (SSSR count). The number of sulfonamides is 1. The van der Waals surface area contributed by atoms with Gasteiger partial charge in [0.2, 0.25) is 10.0 Å². The van der Waals surface area contributed by atoms with Crippen LogP contribution in [0.2, 0.25) is 0 Å². The fourth-order valence-corrected chi connectivity index (χ4v) is 5.53. The summed E-state index contributed by atoms with van der Waals surface area (Å²) in [6.45, 7) is 10.5. The van der Waals surface area contributed by atoms with E-state index >= 15 is 0 Å². The van der Waals surface area contributed by atoms with Crippen LogP contribution in [0.3, 0.4) is 0 Å². The first-order chi connectivity index (χ1) is 14.4. The van der Waals surface area contributed by atoms with Crippen molar-refractivity contribution in [2.24, 2.45) is 11.8 Å². The Morgan fingerprint density at radius 2 is 1.65 bits per heavy atom. The summed E-state index contributed by atoms with van der Waals surface area (Å²) in [5.41, 5.74) is 4.10. The molecule has 31 heavy (non-hydrogen) atoms. The highest BCUT2D eigenvalue weighted by Crippen LogP contribution is 2.31. The molecule has 2 aromatic carbocycles. The Morgan fingerprint density at radius 1 is 1.03 bits per heavy atom. The normalized spacial score (nSPS) is 17.5. The van der Waals surface area contributed by atoms with E-state index in [9.17, 15) is 13.2 Å². The molecule has 2 unspecified atom stereocenters. The van der Waals surface area contributed by atoms with E-state index in [1.54, 1.807) is 12.1 Å². The summed E-state index contributed by atoms with van der Waals surface area (Å²) in [4.78, 5) is 12.1. The van der Waals surface area contributed by atoms with Crippen LogP contribution < -0.4 is 4.72 Å². The Kier molecular flexibility index (Phi) is 6.63. The zero-order valence-electron chi connectivity index (χ0n) is 19.2. The Hall–Kier alpha value is -2.18. The second-order valence-electron chi connectivity index (χ2n) is 9.77. The number of fused-ring (bicyclic) bond motifs is 1. The van der Waals surface area contributed by atoms with Gasteiger partial charge in [-0.25, -0.2) is 13.1 Å². The minimum atomic E-state index is -3.72. The van der Waals surface area contributed by atoms with Crippen LogP contribution in [-0.4, -0.2) is 21.5 Å². The molecule has 168 valence electrons. The number of rotatable bonds is 6. The average Bonchev–Trinajstić information content (AvgIpc) is 3.14. The van der Waals surface area contributed by atoms with Crippen LogP contribution in [0.4, 0.5) is 0 Å². The van der Waals surface area contributed by atoms with Crippen molar-refractivity contribution in [1.82, 2.24) is 4.72 Å². The van der Waals surface area contributed by atoms with Crippen molar-refractivity contribution in [3.05, 3.63) is 64.7 Å². The molecule has 0 heterocycles. The van der Waals surface area contributed by atoms with Crippen molar-refractivity contribution in [2.75, 3.05) is 7.11 Å². The molecule has 0 spiro atoms. The van der Waals surface area contributed by atoms with Crippen LogP contribution in [0.5, 0.6) is 0 Å². The molecule has 1 aliphatic rings. The molecule has 0 radical (unpaired) electrons. The number of ether oxygens (including phenoxy) is 1. The number of carbonyl (C=O) groups is 1. The number of nitrogens with one attached hydrogen (secondary N) is 1. The Morgan fingerprint density at radius 3 is 2.19 bits per heavy atom. The summed E-state index contributed by atoms with van der Waals surface area (Å²) < 4.78 is 34.2. The molecule has 1 aliphatic carbocycles. The number of hydrogen-bond acceptors (Lipinski definition) is 4. The lowest BCUT2D eigenvalue weighted by atomic mass is 9.85. The second-order valence-corrected chi connectivity index (χ2v) is 11.5. The van der Waals surface area contributed by atoms with Crippen LogP contribution in [0.15, 0.2) is 47.4 Å². The maximum absolute atomic E-state index is 13.2. The Balaban J connectivity index is 1.84. The van der Waals surface area contributed by atoms with Crippen molar-refractivity contribution in [3.8, 4) is 0 Å². The summed E-state index contributed by atoms with van der Waals surface area (Å²) >= 11 is 0. The molecular weight excluding hydrogens is 410 g/mol. The summed E-state index contributed by atoms with van der Waals surface area (Å²) in [7, 11) is -2.34. The van der Waals surface area contributed by atoms with Gasteiger partial charge in [-0.1, -0.05) is 65.0 Å². The highest BCUT2D eigenvalue weighted by atomic mass is 32.2. The molecule has 2 atom stereocenters. The van der Waals surface area contributed by atoms with Gasteiger partial charge in [0, 0.05) is 6.04 Å². The van der Waals surface area contributed by atoms with Crippen molar-refractivity contribution in [3.63, 3.8) is 0 Å². The molecule has 1 N–H and O–H groups in total. The van der Waals surface area contributed by atoms with Crippen molar-refractivity contribution in [1.29, 1.82) is 0 Å². The molecule has 0 bridgehead atoms. The van der Waals surface area contributed by atoms with Crippen LogP contribution in [-0.2, 0) is 37.8 Å². The van der Waals surface area contributed by atoms with Gasteiger partial charge in [0.25, 0.3) is 0 Å². The number of esters is 1. The van der Waals surface area contributed by atoms with Crippen molar-refractivity contribution >= 4 is 16.0 Å². The summed E-state index contributed by atoms with van der Waals surface area (Å²) in [6.07, 6.45) is 1.09. The predicted octanol–water partition coefficient (Wildman–Crippen LogP) is 4.55. The van der Waals surface area contributed by atoms with Gasteiger partial charge in [0.15, 0.2) is 0 Å². The van der Waals surface area contributed by atoms with E-state index in [4.69, 9.17) is 4.74 Å². The van der Waals surface area contributed by atoms with Gasteiger partial charge >= 0.3 is 5.97 Å².